The van der Waals surface area contributed by atoms with Crippen molar-refractivity contribution in [2.75, 3.05) is 6.54 Å². The van der Waals surface area contributed by atoms with Crippen LogP contribution in [-0.2, 0) is 9.59 Å². The minimum absolute atomic E-state index is 0.0847. The maximum Gasteiger partial charge on any atom is 0.240 e. The van der Waals surface area contributed by atoms with Crippen molar-refractivity contribution in [2.24, 2.45) is 16.9 Å². The lowest BCUT2D eigenvalue weighted by atomic mass is 9.73. The minimum Gasteiger partial charge on any atom is -0.368 e. The van der Waals surface area contributed by atoms with Gasteiger partial charge in [-0.05, 0) is 47.0 Å². The molecule has 1 fully saturated rings. The predicted molar refractivity (Wildman–Crippen MR) is 70.6 cm³/mol. The van der Waals surface area contributed by atoms with Gasteiger partial charge in [-0.3, -0.25) is 9.59 Å². The second kappa shape index (κ2) is 4.88. The Kier molecular flexibility index (Phi) is 4.05. The number of likely N-dealkylation sites (tertiary alicyclic amines) is 1. The van der Waals surface area contributed by atoms with Crippen LogP contribution in [0.15, 0.2) is 0 Å². The largest absolute Gasteiger partial charge is 0.368 e. The van der Waals surface area contributed by atoms with Crippen LogP contribution in [0.4, 0.5) is 0 Å². The molecule has 4 N–H and O–H groups in total. The van der Waals surface area contributed by atoms with Crippen LogP contribution in [0, 0.1) is 5.41 Å². The maximum atomic E-state index is 12.6. The van der Waals surface area contributed by atoms with Gasteiger partial charge in [0.05, 0.1) is 5.41 Å². The Balaban J connectivity index is 2.97. The molecule has 0 aromatic rings. The summed E-state index contributed by atoms with van der Waals surface area (Å²) in [5, 5.41) is 0. The summed E-state index contributed by atoms with van der Waals surface area (Å²) in [6.45, 7) is 7.89. The van der Waals surface area contributed by atoms with E-state index >= 15 is 0 Å². The number of rotatable bonds is 3. The number of piperidine rings is 1. The Morgan fingerprint density at radius 2 is 1.72 bits per heavy atom. The van der Waals surface area contributed by atoms with Crippen LogP contribution in [0.2, 0.25) is 0 Å². The molecule has 0 saturated carbocycles. The average molecular weight is 255 g/mol. The normalized spacial score (nSPS) is 21.8. The third-order valence-corrected chi connectivity index (χ3v) is 4.24. The van der Waals surface area contributed by atoms with E-state index in [1.807, 2.05) is 27.7 Å². The van der Waals surface area contributed by atoms with Crippen molar-refractivity contribution in [3.63, 3.8) is 0 Å². The zero-order valence-electron chi connectivity index (χ0n) is 11.8. The van der Waals surface area contributed by atoms with Crippen molar-refractivity contribution in [3.05, 3.63) is 0 Å². The number of nitrogens with zero attached hydrogens (tertiary/aromatic N) is 1. The van der Waals surface area contributed by atoms with E-state index in [0.29, 0.717) is 13.0 Å². The smallest absolute Gasteiger partial charge is 0.240 e. The summed E-state index contributed by atoms with van der Waals surface area (Å²) in [6.07, 6.45) is 2.50. The number of carbonyl (C=O) groups is 2. The van der Waals surface area contributed by atoms with Crippen molar-refractivity contribution < 1.29 is 9.59 Å². The quantitative estimate of drug-likeness (QED) is 0.774. The van der Waals surface area contributed by atoms with Crippen LogP contribution in [0.5, 0.6) is 0 Å². The van der Waals surface area contributed by atoms with E-state index in [-0.39, 0.29) is 5.91 Å². The van der Waals surface area contributed by atoms with Crippen molar-refractivity contribution in [3.8, 4) is 0 Å². The fraction of sp³-hybridized carbons (Fsp3) is 0.846. The molecule has 104 valence electrons. The highest BCUT2D eigenvalue weighted by molar-refractivity contribution is 5.90. The highest BCUT2D eigenvalue weighted by Gasteiger charge is 2.45. The molecular formula is C13H25N3O2. The molecule has 1 saturated heterocycles. The summed E-state index contributed by atoms with van der Waals surface area (Å²) in [5.74, 6) is -0.507. The standard InChI is InChI=1S/C13H25N3O2/c1-12(2,13(3,4)15)11(18)16-8-6-5-7-9(16)10(14)17/h9H,5-8,15H2,1-4H3,(H2,14,17). The summed E-state index contributed by atoms with van der Waals surface area (Å²) in [5.41, 5.74) is 10.1. The average Bonchev–Trinajstić information content (AvgIpc) is 2.26. The molecule has 0 aromatic heterocycles. The summed E-state index contributed by atoms with van der Waals surface area (Å²) >= 11 is 0. The van der Waals surface area contributed by atoms with Crippen LogP contribution >= 0.6 is 0 Å². The third kappa shape index (κ3) is 2.66. The molecule has 1 aliphatic rings. The number of primary amides is 1. The van der Waals surface area contributed by atoms with Gasteiger partial charge >= 0.3 is 0 Å². The Morgan fingerprint density at radius 1 is 1.17 bits per heavy atom. The molecule has 2 amide bonds. The van der Waals surface area contributed by atoms with Gasteiger partial charge in [0.1, 0.15) is 6.04 Å². The molecule has 18 heavy (non-hydrogen) atoms. The Hall–Kier alpha value is -1.10. The van der Waals surface area contributed by atoms with E-state index in [9.17, 15) is 9.59 Å². The van der Waals surface area contributed by atoms with Crippen LogP contribution in [-0.4, -0.2) is 34.8 Å². The van der Waals surface area contributed by atoms with Crippen LogP contribution in [0.25, 0.3) is 0 Å². The molecular weight excluding hydrogens is 230 g/mol. The first kappa shape index (κ1) is 15.0. The fourth-order valence-corrected chi connectivity index (χ4v) is 2.11. The summed E-state index contributed by atoms with van der Waals surface area (Å²) in [7, 11) is 0. The van der Waals surface area contributed by atoms with Gasteiger partial charge in [-0.2, -0.15) is 0 Å². The molecule has 1 aliphatic heterocycles. The van der Waals surface area contributed by atoms with E-state index in [1.54, 1.807) is 4.90 Å². The lowest BCUT2D eigenvalue weighted by Crippen LogP contribution is -2.61. The van der Waals surface area contributed by atoms with Crippen LogP contribution in [0.3, 0.4) is 0 Å². The molecule has 0 aromatic carbocycles. The Morgan fingerprint density at radius 3 is 2.17 bits per heavy atom. The molecule has 5 nitrogen and oxygen atoms in total. The van der Waals surface area contributed by atoms with Gasteiger partial charge in [0, 0.05) is 12.1 Å². The van der Waals surface area contributed by atoms with E-state index in [1.165, 1.54) is 0 Å². The predicted octanol–water partition coefficient (Wildman–Crippen LogP) is 0.616. The van der Waals surface area contributed by atoms with Crippen molar-refractivity contribution >= 4 is 11.8 Å². The van der Waals surface area contributed by atoms with Gasteiger partial charge in [0.15, 0.2) is 0 Å². The van der Waals surface area contributed by atoms with E-state index in [0.717, 1.165) is 12.8 Å². The van der Waals surface area contributed by atoms with Gasteiger partial charge in [-0.25, -0.2) is 0 Å². The van der Waals surface area contributed by atoms with Crippen molar-refractivity contribution in [1.82, 2.24) is 4.90 Å². The Labute approximate surface area is 109 Å². The fourth-order valence-electron chi connectivity index (χ4n) is 2.11. The van der Waals surface area contributed by atoms with E-state index in [4.69, 9.17) is 11.5 Å². The monoisotopic (exact) mass is 255 g/mol. The van der Waals surface area contributed by atoms with Gasteiger partial charge < -0.3 is 16.4 Å². The summed E-state index contributed by atoms with van der Waals surface area (Å²) < 4.78 is 0. The van der Waals surface area contributed by atoms with E-state index < -0.39 is 22.9 Å². The third-order valence-electron chi connectivity index (χ3n) is 4.24. The minimum atomic E-state index is -0.724. The van der Waals surface area contributed by atoms with Gasteiger partial charge in [0.25, 0.3) is 0 Å². The summed E-state index contributed by atoms with van der Waals surface area (Å²) in [6, 6.07) is -0.479. The molecule has 5 heteroatoms. The molecule has 0 spiro atoms. The molecule has 0 radical (unpaired) electrons. The number of hydrogen-bond acceptors (Lipinski definition) is 3. The van der Waals surface area contributed by atoms with Crippen molar-refractivity contribution in [1.29, 1.82) is 0 Å². The van der Waals surface area contributed by atoms with Gasteiger partial charge in [-0.15, -0.1) is 0 Å². The maximum absolute atomic E-state index is 12.6. The molecule has 1 rings (SSSR count). The lowest BCUT2D eigenvalue weighted by Gasteiger charge is -2.44. The first-order valence-electron chi connectivity index (χ1n) is 6.48. The zero-order chi connectivity index (χ0) is 14.1. The molecule has 0 bridgehead atoms. The number of nitrogens with two attached hydrogens (primary N) is 2. The summed E-state index contributed by atoms with van der Waals surface area (Å²) in [4.78, 5) is 25.7. The Bertz CT molecular complexity index is 345. The molecule has 1 heterocycles. The number of carbonyl (C=O) groups excluding carboxylic acids is 2. The van der Waals surface area contributed by atoms with Crippen LogP contribution < -0.4 is 11.5 Å². The SMILES string of the molecule is CC(C)(N)C(C)(C)C(=O)N1CCCCC1C(N)=O. The second-order valence-corrected chi connectivity index (χ2v) is 6.26. The highest BCUT2D eigenvalue weighted by Crippen LogP contribution is 2.33. The number of hydrogen-bond donors (Lipinski definition) is 2. The van der Waals surface area contributed by atoms with Gasteiger partial charge in [-0.1, -0.05) is 0 Å². The molecule has 1 unspecified atom stereocenters. The van der Waals surface area contributed by atoms with Crippen LogP contribution in [0.1, 0.15) is 47.0 Å². The van der Waals surface area contributed by atoms with Crippen molar-refractivity contribution in [2.45, 2.75) is 58.5 Å². The van der Waals surface area contributed by atoms with E-state index in [2.05, 4.69) is 0 Å². The molecule has 1 atom stereocenters. The first-order valence-corrected chi connectivity index (χ1v) is 6.48. The highest BCUT2D eigenvalue weighted by atomic mass is 16.2. The van der Waals surface area contributed by atoms with Gasteiger partial charge in [0.2, 0.25) is 11.8 Å². The topological polar surface area (TPSA) is 89.4 Å². The first-order chi connectivity index (χ1) is 8.09. The lowest BCUT2D eigenvalue weighted by molar-refractivity contribution is -0.151. The number of amides is 2. The molecule has 0 aliphatic carbocycles. The second-order valence-electron chi connectivity index (χ2n) is 6.26. The zero-order valence-corrected chi connectivity index (χ0v) is 11.8.